The van der Waals surface area contributed by atoms with Crippen molar-refractivity contribution in [2.45, 2.75) is 32.5 Å². The van der Waals surface area contributed by atoms with Gasteiger partial charge in [0.1, 0.15) is 5.75 Å². The van der Waals surface area contributed by atoms with E-state index in [2.05, 4.69) is 9.64 Å². The van der Waals surface area contributed by atoms with Crippen LogP contribution in [0.5, 0.6) is 5.75 Å². The van der Waals surface area contributed by atoms with E-state index in [4.69, 9.17) is 5.73 Å². The van der Waals surface area contributed by atoms with E-state index in [1.54, 1.807) is 12.1 Å². The molecule has 1 aromatic rings. The summed E-state index contributed by atoms with van der Waals surface area (Å²) >= 11 is 0. The van der Waals surface area contributed by atoms with E-state index in [0.717, 1.165) is 25.1 Å². The lowest BCUT2D eigenvalue weighted by Crippen LogP contribution is -2.29. The molecule has 2 atom stereocenters. The molecule has 1 fully saturated rings. The van der Waals surface area contributed by atoms with Gasteiger partial charge in [-0.25, -0.2) is 0 Å². The van der Waals surface area contributed by atoms with E-state index in [1.165, 1.54) is 0 Å². The molecule has 106 valence electrons. The number of ether oxygens (including phenoxy) is 1. The van der Waals surface area contributed by atoms with Gasteiger partial charge in [0.15, 0.2) is 0 Å². The van der Waals surface area contributed by atoms with Crippen LogP contribution in [0.25, 0.3) is 0 Å². The van der Waals surface area contributed by atoms with Gasteiger partial charge in [0.25, 0.3) is 0 Å². The van der Waals surface area contributed by atoms with Gasteiger partial charge in [-0.2, -0.15) is 8.78 Å². The second-order valence-electron chi connectivity index (χ2n) is 5.13. The maximum atomic E-state index is 12.3. The summed E-state index contributed by atoms with van der Waals surface area (Å²) in [5, 5.41) is 0. The molecule has 1 saturated heterocycles. The second kappa shape index (κ2) is 6.30. The first kappa shape index (κ1) is 14.2. The summed E-state index contributed by atoms with van der Waals surface area (Å²) in [5.41, 5.74) is 6.70. The molecule has 1 aliphatic heterocycles. The molecule has 0 aromatic heterocycles. The molecule has 0 radical (unpaired) electrons. The number of nitrogens with two attached hydrogens (primary N) is 1. The van der Waals surface area contributed by atoms with Crippen LogP contribution in [0, 0.1) is 5.92 Å². The van der Waals surface area contributed by atoms with E-state index in [0.29, 0.717) is 12.5 Å². The van der Waals surface area contributed by atoms with Gasteiger partial charge in [-0.15, -0.1) is 0 Å². The average molecular weight is 270 g/mol. The van der Waals surface area contributed by atoms with Gasteiger partial charge in [0.2, 0.25) is 0 Å². The third-order valence-corrected chi connectivity index (χ3v) is 3.64. The average Bonchev–Trinajstić information content (AvgIpc) is 2.80. The minimum atomic E-state index is -2.78. The van der Waals surface area contributed by atoms with Crippen molar-refractivity contribution in [3.8, 4) is 5.75 Å². The lowest BCUT2D eigenvalue weighted by molar-refractivity contribution is -0.0507. The number of rotatable bonds is 5. The standard InChI is InChI=1S/C14H20F2N2O/c1-10(17)11-6-7-18(8-11)9-12-4-2-3-5-13(12)19-14(15)16/h2-5,10-11,14H,6-9,17H2,1H3. The fraction of sp³-hybridized carbons (Fsp3) is 0.571. The van der Waals surface area contributed by atoms with Crippen LogP contribution in [0.1, 0.15) is 18.9 Å². The topological polar surface area (TPSA) is 38.5 Å². The molecule has 2 unspecified atom stereocenters. The minimum absolute atomic E-state index is 0.178. The molecular formula is C14H20F2N2O. The van der Waals surface area contributed by atoms with Crippen LogP contribution in [-0.2, 0) is 6.54 Å². The van der Waals surface area contributed by atoms with Crippen LogP contribution in [-0.4, -0.2) is 30.6 Å². The zero-order valence-corrected chi connectivity index (χ0v) is 11.1. The molecule has 1 heterocycles. The number of benzene rings is 1. The molecule has 19 heavy (non-hydrogen) atoms. The van der Waals surface area contributed by atoms with Crippen molar-refractivity contribution in [3.63, 3.8) is 0 Å². The summed E-state index contributed by atoms with van der Waals surface area (Å²) in [6.45, 7) is 1.74. The first-order chi connectivity index (χ1) is 9.06. The zero-order chi connectivity index (χ0) is 13.8. The Morgan fingerprint density at radius 1 is 1.42 bits per heavy atom. The van der Waals surface area contributed by atoms with Crippen LogP contribution in [0.4, 0.5) is 8.78 Å². The Hall–Kier alpha value is -1.20. The van der Waals surface area contributed by atoms with Gasteiger partial charge in [-0.05, 0) is 31.9 Å². The molecule has 5 heteroatoms. The lowest BCUT2D eigenvalue weighted by atomic mass is 10.0. The Balaban J connectivity index is 2.00. The number of hydrogen-bond acceptors (Lipinski definition) is 3. The van der Waals surface area contributed by atoms with E-state index >= 15 is 0 Å². The molecule has 0 saturated carbocycles. The van der Waals surface area contributed by atoms with E-state index in [1.807, 2.05) is 19.1 Å². The monoisotopic (exact) mass is 270 g/mol. The summed E-state index contributed by atoms with van der Waals surface area (Å²) in [7, 11) is 0. The molecular weight excluding hydrogens is 250 g/mol. The highest BCUT2D eigenvalue weighted by Crippen LogP contribution is 2.25. The highest BCUT2D eigenvalue weighted by atomic mass is 19.3. The fourth-order valence-electron chi connectivity index (χ4n) is 2.52. The number of alkyl halides is 2. The second-order valence-corrected chi connectivity index (χ2v) is 5.13. The normalized spacial score (nSPS) is 21.8. The van der Waals surface area contributed by atoms with Gasteiger partial charge < -0.3 is 10.5 Å². The summed E-state index contributed by atoms with van der Waals surface area (Å²) in [5.74, 6) is 0.755. The maximum Gasteiger partial charge on any atom is 0.387 e. The third kappa shape index (κ3) is 3.88. The molecule has 0 aliphatic carbocycles. The number of hydrogen-bond donors (Lipinski definition) is 1. The van der Waals surface area contributed by atoms with Crippen molar-refractivity contribution in [1.82, 2.24) is 4.90 Å². The predicted octanol–water partition coefficient (Wildman–Crippen LogP) is 2.46. The first-order valence-corrected chi connectivity index (χ1v) is 6.57. The van der Waals surface area contributed by atoms with Crippen molar-refractivity contribution in [1.29, 1.82) is 0 Å². The maximum absolute atomic E-state index is 12.3. The predicted molar refractivity (Wildman–Crippen MR) is 70.1 cm³/mol. The van der Waals surface area contributed by atoms with Gasteiger partial charge in [-0.1, -0.05) is 18.2 Å². The number of likely N-dealkylation sites (tertiary alicyclic amines) is 1. The Kier molecular flexibility index (Phi) is 4.71. The molecule has 0 spiro atoms. The first-order valence-electron chi connectivity index (χ1n) is 6.57. The molecule has 2 rings (SSSR count). The molecule has 2 N–H and O–H groups in total. The minimum Gasteiger partial charge on any atom is -0.434 e. The lowest BCUT2D eigenvalue weighted by Gasteiger charge is -2.19. The Morgan fingerprint density at radius 2 is 2.16 bits per heavy atom. The largest absolute Gasteiger partial charge is 0.434 e. The third-order valence-electron chi connectivity index (χ3n) is 3.64. The van der Waals surface area contributed by atoms with Gasteiger partial charge >= 0.3 is 6.61 Å². The Labute approximate surface area is 112 Å². The molecule has 1 aromatic carbocycles. The van der Waals surface area contributed by atoms with Gasteiger partial charge in [0.05, 0.1) is 0 Å². The quantitative estimate of drug-likeness (QED) is 0.893. The summed E-state index contributed by atoms with van der Waals surface area (Å²) in [4.78, 5) is 2.24. The molecule has 0 bridgehead atoms. The summed E-state index contributed by atoms with van der Waals surface area (Å²) in [6.07, 6.45) is 1.07. The van der Waals surface area contributed by atoms with E-state index < -0.39 is 6.61 Å². The smallest absolute Gasteiger partial charge is 0.387 e. The highest BCUT2D eigenvalue weighted by Gasteiger charge is 2.25. The molecule has 1 aliphatic rings. The van der Waals surface area contributed by atoms with Crippen LogP contribution < -0.4 is 10.5 Å². The van der Waals surface area contributed by atoms with Gasteiger partial charge in [0, 0.05) is 24.7 Å². The summed E-state index contributed by atoms with van der Waals surface area (Å²) < 4.78 is 29.2. The number of para-hydroxylation sites is 1. The molecule has 3 nitrogen and oxygen atoms in total. The van der Waals surface area contributed by atoms with Crippen LogP contribution in [0.3, 0.4) is 0 Å². The molecule has 0 amide bonds. The number of halogens is 2. The highest BCUT2D eigenvalue weighted by molar-refractivity contribution is 5.33. The zero-order valence-electron chi connectivity index (χ0n) is 11.1. The summed E-state index contributed by atoms with van der Waals surface area (Å²) in [6, 6.07) is 7.14. The van der Waals surface area contributed by atoms with Crippen molar-refractivity contribution < 1.29 is 13.5 Å². The van der Waals surface area contributed by atoms with Gasteiger partial charge in [-0.3, -0.25) is 4.90 Å². The Morgan fingerprint density at radius 3 is 2.79 bits per heavy atom. The van der Waals surface area contributed by atoms with E-state index in [-0.39, 0.29) is 11.8 Å². The van der Waals surface area contributed by atoms with Crippen LogP contribution in [0.2, 0.25) is 0 Å². The van der Waals surface area contributed by atoms with Crippen molar-refractivity contribution in [2.75, 3.05) is 13.1 Å². The Bertz CT molecular complexity index is 412. The fourth-order valence-corrected chi connectivity index (χ4v) is 2.52. The van der Waals surface area contributed by atoms with E-state index in [9.17, 15) is 8.78 Å². The van der Waals surface area contributed by atoms with Crippen LogP contribution >= 0.6 is 0 Å². The van der Waals surface area contributed by atoms with Crippen molar-refractivity contribution in [3.05, 3.63) is 29.8 Å². The van der Waals surface area contributed by atoms with Crippen molar-refractivity contribution >= 4 is 0 Å². The number of nitrogens with zero attached hydrogens (tertiary/aromatic N) is 1. The van der Waals surface area contributed by atoms with Crippen LogP contribution in [0.15, 0.2) is 24.3 Å². The SMILES string of the molecule is CC(N)C1CCN(Cc2ccccc2OC(F)F)C1. The van der Waals surface area contributed by atoms with Crippen molar-refractivity contribution in [2.24, 2.45) is 11.7 Å².